The van der Waals surface area contributed by atoms with Crippen LogP contribution in [0.5, 0.6) is 0 Å². The van der Waals surface area contributed by atoms with Gasteiger partial charge in [-0.25, -0.2) is 0 Å². The van der Waals surface area contributed by atoms with Gasteiger partial charge in [0.2, 0.25) is 0 Å². The van der Waals surface area contributed by atoms with Gasteiger partial charge in [-0.2, -0.15) is 0 Å². The van der Waals surface area contributed by atoms with Crippen LogP contribution in [0.1, 0.15) is 60.8 Å². The van der Waals surface area contributed by atoms with Crippen molar-refractivity contribution in [2.24, 2.45) is 5.41 Å². The van der Waals surface area contributed by atoms with E-state index in [1.54, 1.807) is 13.8 Å². The maximum absolute atomic E-state index is 13.7. The second kappa shape index (κ2) is 10.3. The first-order valence-corrected chi connectivity index (χ1v) is 14.5. The minimum atomic E-state index is -4.72. The van der Waals surface area contributed by atoms with Gasteiger partial charge in [-0.3, -0.25) is 18.5 Å². The normalized spacial score (nSPS) is 19.5. The standard InChI is InChI=1S/C18H39O11P3/c1-15(2,14(19)26-7)11-18(6,32(25,28-9)29-10)13-17(5,31(23,24)27-8)12-16(3,4)30(20,21)22/h11-13H2,1-10H3,(H,23,24)(H2,20,21,22). The molecule has 0 aliphatic carbocycles. The number of carbonyl (C=O) groups excluding carboxylic acids is 1. The molecule has 0 saturated carbocycles. The van der Waals surface area contributed by atoms with Crippen LogP contribution in [0.2, 0.25) is 0 Å². The molecule has 0 fully saturated rings. The summed E-state index contributed by atoms with van der Waals surface area (Å²) in [7, 11) is -8.77. The summed E-state index contributed by atoms with van der Waals surface area (Å²) in [5.74, 6) is -0.612. The zero-order valence-electron chi connectivity index (χ0n) is 20.6. The van der Waals surface area contributed by atoms with E-state index < -0.39 is 56.1 Å². The molecule has 0 spiro atoms. The van der Waals surface area contributed by atoms with Crippen molar-refractivity contribution in [1.82, 2.24) is 0 Å². The highest BCUT2D eigenvalue weighted by molar-refractivity contribution is 7.56. The van der Waals surface area contributed by atoms with Crippen LogP contribution in [0.4, 0.5) is 0 Å². The molecule has 0 aromatic heterocycles. The summed E-state index contributed by atoms with van der Waals surface area (Å²) in [6.07, 6.45) is -1.00. The molecule has 0 aliphatic heterocycles. The Balaban J connectivity index is 6.90. The first kappa shape index (κ1) is 31.9. The molecule has 3 unspecified atom stereocenters. The van der Waals surface area contributed by atoms with Gasteiger partial charge in [-0.15, -0.1) is 0 Å². The molecule has 0 aliphatic rings. The predicted molar refractivity (Wildman–Crippen MR) is 121 cm³/mol. The molecule has 14 heteroatoms. The summed E-state index contributed by atoms with van der Waals surface area (Å²) in [5.41, 5.74) is -1.21. The lowest BCUT2D eigenvalue weighted by Crippen LogP contribution is -2.45. The molecule has 0 amide bonds. The number of hydrogen-bond acceptors (Lipinski definition) is 8. The predicted octanol–water partition coefficient (Wildman–Crippen LogP) is 4.15. The molecule has 0 saturated heterocycles. The van der Waals surface area contributed by atoms with Crippen molar-refractivity contribution in [3.63, 3.8) is 0 Å². The highest BCUT2D eigenvalue weighted by Gasteiger charge is 2.60. The van der Waals surface area contributed by atoms with Crippen molar-refractivity contribution in [1.29, 1.82) is 0 Å². The summed E-state index contributed by atoms with van der Waals surface area (Å²) < 4.78 is 59.1. The van der Waals surface area contributed by atoms with Gasteiger partial charge < -0.3 is 33.0 Å². The minimum absolute atomic E-state index is 0.152. The SMILES string of the molecule is COC(=O)C(C)(C)CC(C)(CC(C)(CC(C)(C)P(=O)(O)O)P(=O)(O)OC)P(=O)(OC)OC. The lowest BCUT2D eigenvalue weighted by atomic mass is 9.78. The van der Waals surface area contributed by atoms with Crippen molar-refractivity contribution in [3.05, 3.63) is 0 Å². The van der Waals surface area contributed by atoms with E-state index >= 15 is 0 Å². The topological polar surface area (TPSA) is 166 Å². The number of hydrogen-bond donors (Lipinski definition) is 3. The Morgan fingerprint density at radius 3 is 1.47 bits per heavy atom. The van der Waals surface area contributed by atoms with E-state index in [0.29, 0.717) is 0 Å². The first-order chi connectivity index (χ1) is 14.0. The Labute approximate surface area is 190 Å². The van der Waals surface area contributed by atoms with Gasteiger partial charge in [0.25, 0.3) is 0 Å². The van der Waals surface area contributed by atoms with E-state index in [2.05, 4.69) is 0 Å². The summed E-state index contributed by atoms with van der Waals surface area (Å²) in [4.78, 5) is 42.7. The Hall–Kier alpha value is -0.0800. The van der Waals surface area contributed by atoms with E-state index in [-0.39, 0.29) is 12.8 Å². The molecule has 192 valence electrons. The second-order valence-electron chi connectivity index (χ2n) is 9.82. The van der Waals surface area contributed by atoms with E-state index in [1.165, 1.54) is 34.8 Å². The Bertz CT molecular complexity index is 811. The maximum atomic E-state index is 13.7. The van der Waals surface area contributed by atoms with E-state index in [4.69, 9.17) is 18.3 Å². The molecule has 32 heavy (non-hydrogen) atoms. The van der Waals surface area contributed by atoms with E-state index in [0.717, 1.165) is 21.3 Å². The number of esters is 1. The van der Waals surface area contributed by atoms with E-state index in [1.807, 2.05) is 0 Å². The molecule has 0 aromatic carbocycles. The lowest BCUT2D eigenvalue weighted by Gasteiger charge is -2.47. The van der Waals surface area contributed by atoms with Crippen LogP contribution in [-0.4, -0.2) is 64.6 Å². The average molecular weight is 524 g/mol. The molecular weight excluding hydrogens is 485 g/mol. The van der Waals surface area contributed by atoms with Gasteiger partial charge >= 0.3 is 28.8 Å². The zero-order valence-corrected chi connectivity index (χ0v) is 23.3. The second-order valence-corrected chi connectivity index (χ2v) is 17.4. The van der Waals surface area contributed by atoms with Gasteiger partial charge in [0.05, 0.1) is 28.0 Å². The summed E-state index contributed by atoms with van der Waals surface area (Å²) in [6.45, 7) is 8.45. The fourth-order valence-electron chi connectivity index (χ4n) is 4.41. The monoisotopic (exact) mass is 524 g/mol. The molecular formula is C18H39O11P3. The molecule has 0 bridgehead atoms. The third kappa shape index (κ3) is 6.53. The van der Waals surface area contributed by atoms with Gasteiger partial charge in [-0.1, -0.05) is 0 Å². The van der Waals surface area contributed by atoms with Crippen molar-refractivity contribution >= 4 is 28.8 Å². The van der Waals surface area contributed by atoms with Crippen LogP contribution in [0.15, 0.2) is 0 Å². The average Bonchev–Trinajstić information content (AvgIpc) is 2.64. The summed E-state index contributed by atoms with van der Waals surface area (Å²) >= 11 is 0. The van der Waals surface area contributed by atoms with Gasteiger partial charge in [-0.05, 0) is 60.8 Å². The summed E-state index contributed by atoms with van der Waals surface area (Å²) in [6, 6.07) is 0. The smallest absolute Gasteiger partial charge is 0.336 e. The Morgan fingerprint density at radius 1 is 0.719 bits per heavy atom. The third-order valence-corrected chi connectivity index (χ3v) is 12.5. The molecule has 11 nitrogen and oxygen atoms in total. The fraction of sp³-hybridized carbons (Fsp3) is 0.944. The molecule has 0 radical (unpaired) electrons. The Morgan fingerprint density at radius 2 is 1.16 bits per heavy atom. The fourth-order valence-corrected chi connectivity index (χ4v) is 8.96. The van der Waals surface area contributed by atoms with Gasteiger partial charge in [0.1, 0.15) is 0 Å². The number of rotatable bonds is 13. The molecule has 3 atom stereocenters. The number of carbonyl (C=O) groups is 1. The van der Waals surface area contributed by atoms with Gasteiger partial charge in [0, 0.05) is 21.3 Å². The van der Waals surface area contributed by atoms with Crippen LogP contribution >= 0.6 is 22.8 Å². The van der Waals surface area contributed by atoms with Crippen LogP contribution in [0.3, 0.4) is 0 Å². The molecule has 0 heterocycles. The van der Waals surface area contributed by atoms with Crippen molar-refractivity contribution in [3.8, 4) is 0 Å². The van der Waals surface area contributed by atoms with Crippen molar-refractivity contribution < 1.29 is 51.5 Å². The molecule has 0 rings (SSSR count). The quantitative estimate of drug-likeness (QED) is 0.234. The molecule has 3 N–H and O–H groups in total. The highest BCUT2D eigenvalue weighted by atomic mass is 31.2. The van der Waals surface area contributed by atoms with Crippen LogP contribution in [-0.2, 0) is 36.8 Å². The minimum Gasteiger partial charge on any atom is -0.469 e. The molecule has 0 aromatic rings. The highest BCUT2D eigenvalue weighted by Crippen LogP contribution is 2.71. The first-order valence-electron chi connectivity index (χ1n) is 9.78. The van der Waals surface area contributed by atoms with Crippen molar-refractivity contribution in [2.75, 3.05) is 28.4 Å². The summed E-state index contributed by atoms with van der Waals surface area (Å²) in [5, 5.41) is -5.08. The van der Waals surface area contributed by atoms with Crippen LogP contribution in [0.25, 0.3) is 0 Å². The zero-order chi connectivity index (χ0) is 26.0. The van der Waals surface area contributed by atoms with Gasteiger partial charge in [0.15, 0.2) is 0 Å². The van der Waals surface area contributed by atoms with Crippen LogP contribution < -0.4 is 0 Å². The third-order valence-electron chi connectivity index (χ3n) is 6.00. The lowest BCUT2D eigenvalue weighted by molar-refractivity contribution is -0.151. The number of ether oxygens (including phenoxy) is 1. The number of methoxy groups -OCH3 is 1. The van der Waals surface area contributed by atoms with E-state index in [9.17, 15) is 33.2 Å². The maximum Gasteiger partial charge on any atom is 0.336 e. The van der Waals surface area contributed by atoms with Crippen molar-refractivity contribution in [2.45, 2.75) is 76.3 Å². The van der Waals surface area contributed by atoms with Crippen LogP contribution in [0, 0.1) is 5.41 Å². The largest absolute Gasteiger partial charge is 0.469 e. The Kier molecular flexibility index (Phi) is 10.2.